The monoisotopic (exact) mass is 1320 g/mol. The fourth-order valence-corrected chi connectivity index (χ4v) is 13.5. The van der Waals surface area contributed by atoms with E-state index in [2.05, 4.69) is 134 Å². The van der Waals surface area contributed by atoms with Gasteiger partial charge in [0, 0.05) is 58.8 Å². The predicted molar refractivity (Wildman–Crippen MR) is 374 cm³/mol. The number of isocyanates is 3. The maximum absolute atomic E-state index is 13.2. The van der Waals surface area contributed by atoms with E-state index >= 15 is 0 Å². The van der Waals surface area contributed by atoms with E-state index in [0.717, 1.165) is 76.3 Å². The molecule has 3 fully saturated rings. The molecular formula is C73H126N8O13. The van der Waals surface area contributed by atoms with Crippen LogP contribution in [0.3, 0.4) is 0 Å². The Balaban J connectivity index is 0. The molecule has 0 heterocycles. The van der Waals surface area contributed by atoms with Gasteiger partial charge in [-0.05, 0) is 200 Å². The molecule has 0 saturated heterocycles. The summed E-state index contributed by atoms with van der Waals surface area (Å²) in [7, 11) is 0. The van der Waals surface area contributed by atoms with Crippen LogP contribution in [0, 0.1) is 32.5 Å². The Labute approximate surface area is 566 Å². The minimum atomic E-state index is -0.540. The number of aliphatic imine (C=N–C) groups is 3. The summed E-state index contributed by atoms with van der Waals surface area (Å²) in [4.78, 5) is 124. The molecule has 0 aliphatic heterocycles. The van der Waals surface area contributed by atoms with E-state index in [1.54, 1.807) is 48.8 Å². The van der Waals surface area contributed by atoms with Gasteiger partial charge in [0.25, 0.3) is 0 Å². The summed E-state index contributed by atoms with van der Waals surface area (Å²) >= 11 is 0. The van der Waals surface area contributed by atoms with E-state index in [-0.39, 0.29) is 100 Å². The van der Waals surface area contributed by atoms with Gasteiger partial charge >= 0.3 is 24.0 Å². The first-order valence-electron chi connectivity index (χ1n) is 32.9. The van der Waals surface area contributed by atoms with Crippen molar-refractivity contribution in [3.63, 3.8) is 0 Å². The highest BCUT2D eigenvalue weighted by atomic mass is 16.7. The third-order valence-electron chi connectivity index (χ3n) is 16.6. The van der Waals surface area contributed by atoms with Gasteiger partial charge in [0.2, 0.25) is 30.1 Å². The van der Waals surface area contributed by atoms with Crippen molar-refractivity contribution in [3.05, 3.63) is 36.5 Å². The maximum atomic E-state index is 13.2. The number of carbonyl (C=O) groups excluding carboxylic acids is 9. The van der Waals surface area contributed by atoms with Gasteiger partial charge in [0.05, 0.1) is 37.4 Å². The minimum Gasteiger partial charge on any atom is -0.461 e. The van der Waals surface area contributed by atoms with Gasteiger partial charge in [-0.1, -0.05) is 102 Å². The number of carbonyl (C=O) groups is 6. The molecule has 6 unspecified atom stereocenters. The van der Waals surface area contributed by atoms with Crippen molar-refractivity contribution >= 4 is 59.8 Å². The van der Waals surface area contributed by atoms with Crippen molar-refractivity contribution in [2.24, 2.45) is 52.6 Å². The number of rotatable bonds is 25. The third kappa shape index (κ3) is 37.6. The molecule has 0 spiro atoms. The summed E-state index contributed by atoms with van der Waals surface area (Å²) in [6.07, 6.45) is 15.2. The highest BCUT2D eigenvalue weighted by Gasteiger charge is 2.45. The second-order valence-corrected chi connectivity index (χ2v) is 32.6. The lowest BCUT2D eigenvalue weighted by Gasteiger charge is -2.47. The van der Waals surface area contributed by atoms with E-state index in [0.29, 0.717) is 68.8 Å². The number of nitrogens with one attached hydrogen (secondary N) is 2. The lowest BCUT2D eigenvalue weighted by Crippen LogP contribution is -2.49. The van der Waals surface area contributed by atoms with Gasteiger partial charge in [0.1, 0.15) is 19.8 Å². The van der Waals surface area contributed by atoms with Crippen LogP contribution in [-0.4, -0.2) is 150 Å². The van der Waals surface area contributed by atoms with Gasteiger partial charge in [0.15, 0.2) is 0 Å². The van der Waals surface area contributed by atoms with E-state index in [1.807, 2.05) is 55.4 Å². The zero-order chi connectivity index (χ0) is 72.2. The van der Waals surface area contributed by atoms with Gasteiger partial charge in [-0.15, -0.1) is 0 Å². The summed E-state index contributed by atoms with van der Waals surface area (Å²) in [6, 6.07) is -0.0755. The standard InChI is InChI=1S/C27H47N3O5.C23H38N2O4.C12H18N2O2.C10H19NO2.CH4/c1-11-20(4)29-35-24(33)28-21-16-26(8,9)18-27(10,17-21)13-12-22(31)30(25(5,6)7)14-15-34-23(32)19(2)3;1-17(2)20(28)29-12-11-25(21(3,4)5)19(27)9-10-23(8)14-18(24-16-26)13-22(6,7)15-23;1-11(2)4-10(14-9-16)5-12(3,6-11)7-13-8-15;1-8(2)9(12)13-7-6-11-10(3,4)5;/h21H,2,11-18H2,1,3-10H3,(H,28,33);18H,1,9-15H2,2-8H3;10H,4-7H2,1-3H3;11H,1,6-7H2,2-5H3;1H4/b29-20+;;;;. The molecule has 0 aromatic rings. The molecule has 0 bridgehead atoms. The molecule has 21 heteroatoms. The van der Waals surface area contributed by atoms with Gasteiger partial charge < -0.3 is 34.6 Å². The summed E-state index contributed by atoms with van der Waals surface area (Å²) in [5, 5.41) is 10.0. The van der Waals surface area contributed by atoms with Gasteiger partial charge in [-0.25, -0.2) is 48.5 Å². The first kappa shape index (κ1) is 89.7. The number of amides is 3. The van der Waals surface area contributed by atoms with Crippen LogP contribution in [0.2, 0.25) is 0 Å². The van der Waals surface area contributed by atoms with Crippen LogP contribution in [0.15, 0.2) is 56.6 Å². The average Bonchev–Trinajstić information content (AvgIpc) is 0.813. The zero-order valence-electron chi connectivity index (χ0n) is 61.7. The van der Waals surface area contributed by atoms with Crippen LogP contribution in [0.4, 0.5) is 4.79 Å². The largest absolute Gasteiger partial charge is 0.461 e. The Kier molecular flexibility index (Phi) is 37.8. The Morgan fingerprint density at radius 3 is 1.28 bits per heavy atom. The number of esters is 3. The lowest BCUT2D eigenvalue weighted by atomic mass is 9.61. The third-order valence-corrected chi connectivity index (χ3v) is 16.6. The Bertz CT molecular complexity index is 2710. The smallest absolute Gasteiger partial charge is 0.433 e. The summed E-state index contributed by atoms with van der Waals surface area (Å²) in [5.41, 5.74) is 1.14. The first-order valence-corrected chi connectivity index (χ1v) is 32.9. The van der Waals surface area contributed by atoms with Crippen LogP contribution < -0.4 is 10.6 Å². The zero-order valence-corrected chi connectivity index (χ0v) is 61.7. The Hall–Kier alpha value is -6.39. The van der Waals surface area contributed by atoms with Crippen LogP contribution >= 0.6 is 0 Å². The van der Waals surface area contributed by atoms with Crippen molar-refractivity contribution in [3.8, 4) is 0 Å². The molecule has 0 radical (unpaired) electrons. The lowest BCUT2D eigenvalue weighted by molar-refractivity contribution is -0.144. The maximum Gasteiger partial charge on any atom is 0.433 e. The Morgan fingerprint density at radius 1 is 0.543 bits per heavy atom. The average molecular weight is 1320 g/mol. The van der Waals surface area contributed by atoms with Crippen molar-refractivity contribution < 1.29 is 62.2 Å². The summed E-state index contributed by atoms with van der Waals surface area (Å²) in [5.74, 6) is -1.14. The van der Waals surface area contributed by atoms with Crippen LogP contribution in [0.25, 0.3) is 0 Å². The van der Waals surface area contributed by atoms with E-state index in [4.69, 9.17) is 19.0 Å². The normalized spacial score (nSPS) is 22.6. The van der Waals surface area contributed by atoms with Crippen LogP contribution in [-0.2, 0) is 57.4 Å². The molecule has 94 heavy (non-hydrogen) atoms. The van der Waals surface area contributed by atoms with Gasteiger partial charge in [-0.2, -0.15) is 0 Å². The number of hydrogen-bond acceptors (Lipinski definition) is 18. The molecule has 536 valence electrons. The van der Waals surface area contributed by atoms with E-state index < -0.39 is 23.6 Å². The quantitative estimate of drug-likeness (QED) is 0.0126. The number of hydrogen-bond donors (Lipinski definition) is 2. The molecule has 3 aliphatic rings. The molecule has 3 saturated carbocycles. The predicted octanol–water partition coefficient (Wildman–Crippen LogP) is 14.4. The molecule has 3 amide bonds. The number of nitrogens with zero attached hydrogens (tertiary/aromatic N) is 6. The molecule has 3 rings (SSSR count). The molecule has 0 aromatic heterocycles. The van der Waals surface area contributed by atoms with Crippen molar-refractivity contribution in [2.45, 2.75) is 291 Å². The van der Waals surface area contributed by atoms with E-state index in [9.17, 15) is 43.2 Å². The second kappa shape index (κ2) is 39.6. The molecule has 0 aromatic carbocycles. The van der Waals surface area contributed by atoms with Crippen molar-refractivity contribution in [1.29, 1.82) is 0 Å². The summed E-state index contributed by atoms with van der Waals surface area (Å²) < 4.78 is 15.3. The SMILES string of the molecule is C.C=C(C)C(=O)OCCN(C(=O)CCC1(C)CC(N=C=O)CC(C)(C)C1)C(C)(C)C.C=C(C)C(=O)OCCN(C(=O)CCC1(C)CC(NC(=O)O/N=C(\C)CC)CC(C)(C)C1)C(C)(C)C.C=C(C)C(=O)OCCNC(C)(C)C.CC1(C)CC(N=C=O)CC(C)(CN=C=O)C1. The highest BCUT2D eigenvalue weighted by molar-refractivity contribution is 5.88. The summed E-state index contributed by atoms with van der Waals surface area (Å²) in [6.45, 7) is 59.3. The highest BCUT2D eigenvalue weighted by Crippen LogP contribution is 2.51. The van der Waals surface area contributed by atoms with Crippen molar-refractivity contribution in [2.75, 3.05) is 46.0 Å². The van der Waals surface area contributed by atoms with Crippen LogP contribution in [0.1, 0.15) is 257 Å². The molecular weight excluding hydrogens is 1200 g/mol. The Morgan fingerprint density at radius 2 is 0.915 bits per heavy atom. The van der Waals surface area contributed by atoms with E-state index in [1.165, 1.54) is 0 Å². The van der Waals surface area contributed by atoms with Crippen molar-refractivity contribution in [1.82, 2.24) is 20.4 Å². The minimum absolute atomic E-state index is 0. The number of ether oxygens (including phenoxy) is 3. The second-order valence-electron chi connectivity index (χ2n) is 32.6. The molecule has 21 nitrogen and oxygen atoms in total. The fraction of sp³-hybridized carbons (Fsp3) is 0.781. The first-order chi connectivity index (χ1) is 42.4. The number of oxime groups is 1. The fourth-order valence-electron chi connectivity index (χ4n) is 13.5. The molecule has 6 atom stereocenters. The van der Waals surface area contributed by atoms with Crippen LogP contribution in [0.5, 0.6) is 0 Å². The topological polar surface area (TPSA) is 271 Å². The molecule has 2 N–H and O–H groups in total. The van der Waals surface area contributed by atoms with Gasteiger partial charge in [-0.3, -0.25) is 14.4 Å². The molecule has 3 aliphatic carbocycles.